The quantitative estimate of drug-likeness (QED) is 0.761. The van der Waals surface area contributed by atoms with E-state index in [0.29, 0.717) is 12.5 Å². The van der Waals surface area contributed by atoms with Crippen molar-refractivity contribution in [3.63, 3.8) is 0 Å². The molecule has 0 N–H and O–H groups in total. The standard InChI is InChI=1S/C21H31F2N3O/c1-2-24-10-12-25(13-11-24)16-21(27)26-9-3-4-18(15-26)6-5-17-7-8-19(22)20(23)14-17/h7-8,14,18H,2-6,9-13,15-16H2,1H3. The van der Waals surface area contributed by atoms with Crippen molar-refractivity contribution in [2.45, 2.75) is 32.6 Å². The monoisotopic (exact) mass is 379 g/mol. The van der Waals surface area contributed by atoms with Crippen LogP contribution in [0.25, 0.3) is 0 Å². The number of likely N-dealkylation sites (tertiary alicyclic amines) is 1. The lowest BCUT2D eigenvalue weighted by molar-refractivity contribution is -0.134. The van der Waals surface area contributed by atoms with E-state index in [4.69, 9.17) is 0 Å². The van der Waals surface area contributed by atoms with Crippen LogP contribution in [0.4, 0.5) is 8.78 Å². The fourth-order valence-corrected chi connectivity index (χ4v) is 4.15. The van der Waals surface area contributed by atoms with E-state index in [1.165, 1.54) is 12.1 Å². The molecule has 150 valence electrons. The smallest absolute Gasteiger partial charge is 0.236 e. The molecule has 1 amide bonds. The number of likely N-dealkylation sites (N-methyl/N-ethyl adjacent to an activating group) is 1. The molecule has 4 nitrogen and oxygen atoms in total. The van der Waals surface area contributed by atoms with E-state index in [1.54, 1.807) is 6.07 Å². The second-order valence-electron chi connectivity index (χ2n) is 7.85. The molecule has 6 heteroatoms. The van der Waals surface area contributed by atoms with Gasteiger partial charge in [-0.15, -0.1) is 0 Å². The van der Waals surface area contributed by atoms with Crippen LogP contribution in [0.5, 0.6) is 0 Å². The molecule has 2 aliphatic heterocycles. The van der Waals surface area contributed by atoms with Crippen molar-refractivity contribution in [3.8, 4) is 0 Å². The topological polar surface area (TPSA) is 26.8 Å². The fourth-order valence-electron chi connectivity index (χ4n) is 4.15. The number of aryl methyl sites for hydroxylation is 1. The predicted octanol–water partition coefficient (Wildman–Crippen LogP) is 2.77. The molecule has 1 atom stereocenters. The molecule has 1 aromatic rings. The number of benzene rings is 1. The molecule has 0 aromatic heterocycles. The molecule has 1 unspecified atom stereocenters. The number of hydrogen-bond donors (Lipinski definition) is 0. The van der Waals surface area contributed by atoms with Crippen molar-refractivity contribution in [3.05, 3.63) is 35.4 Å². The third-order valence-electron chi connectivity index (χ3n) is 5.97. The van der Waals surface area contributed by atoms with E-state index in [-0.39, 0.29) is 5.91 Å². The van der Waals surface area contributed by atoms with Crippen LogP contribution in [0.3, 0.4) is 0 Å². The maximum atomic E-state index is 13.3. The molecule has 27 heavy (non-hydrogen) atoms. The van der Waals surface area contributed by atoms with Crippen LogP contribution < -0.4 is 0 Å². The Labute approximate surface area is 161 Å². The molecule has 1 aromatic carbocycles. The van der Waals surface area contributed by atoms with Crippen LogP contribution in [0, 0.1) is 17.6 Å². The van der Waals surface area contributed by atoms with E-state index in [2.05, 4.69) is 16.7 Å². The average molecular weight is 379 g/mol. The van der Waals surface area contributed by atoms with Crippen molar-refractivity contribution in [1.29, 1.82) is 0 Å². The third kappa shape index (κ3) is 5.72. The zero-order valence-corrected chi connectivity index (χ0v) is 16.3. The van der Waals surface area contributed by atoms with E-state index >= 15 is 0 Å². The number of nitrogens with zero attached hydrogens (tertiary/aromatic N) is 3. The summed E-state index contributed by atoms with van der Waals surface area (Å²) in [6.07, 6.45) is 3.76. The fraction of sp³-hybridized carbons (Fsp3) is 0.667. The SMILES string of the molecule is CCN1CCN(CC(=O)N2CCCC(CCc3ccc(F)c(F)c3)C2)CC1. The number of carbonyl (C=O) groups excluding carboxylic acids is 1. The highest BCUT2D eigenvalue weighted by molar-refractivity contribution is 5.78. The minimum Gasteiger partial charge on any atom is -0.341 e. The van der Waals surface area contributed by atoms with E-state index in [1.807, 2.05) is 4.90 Å². The molecule has 0 radical (unpaired) electrons. The van der Waals surface area contributed by atoms with Crippen molar-refractivity contribution >= 4 is 5.91 Å². The molecule has 2 fully saturated rings. The van der Waals surface area contributed by atoms with Crippen LogP contribution >= 0.6 is 0 Å². The van der Waals surface area contributed by atoms with Gasteiger partial charge in [0.15, 0.2) is 11.6 Å². The second-order valence-corrected chi connectivity index (χ2v) is 7.85. The van der Waals surface area contributed by atoms with Gasteiger partial charge in [0.05, 0.1) is 6.54 Å². The summed E-state index contributed by atoms with van der Waals surface area (Å²) in [7, 11) is 0. The highest BCUT2D eigenvalue weighted by Gasteiger charge is 2.26. The summed E-state index contributed by atoms with van der Waals surface area (Å²) in [5, 5.41) is 0. The first kappa shape index (κ1) is 20.2. The van der Waals surface area contributed by atoms with E-state index in [0.717, 1.165) is 77.1 Å². The summed E-state index contributed by atoms with van der Waals surface area (Å²) in [4.78, 5) is 19.4. The summed E-state index contributed by atoms with van der Waals surface area (Å²) < 4.78 is 26.4. The summed E-state index contributed by atoms with van der Waals surface area (Å²) >= 11 is 0. The molecule has 3 rings (SSSR count). The minimum absolute atomic E-state index is 0.234. The van der Waals surface area contributed by atoms with Crippen LogP contribution in [0.15, 0.2) is 18.2 Å². The Morgan fingerprint density at radius 3 is 2.52 bits per heavy atom. The largest absolute Gasteiger partial charge is 0.341 e. The van der Waals surface area contributed by atoms with Gasteiger partial charge in [0.1, 0.15) is 0 Å². The Morgan fingerprint density at radius 1 is 1.07 bits per heavy atom. The summed E-state index contributed by atoms with van der Waals surface area (Å²) in [5.74, 6) is -0.908. The number of piperidine rings is 1. The molecular formula is C21H31F2N3O. The van der Waals surface area contributed by atoms with Gasteiger partial charge in [-0.2, -0.15) is 0 Å². The van der Waals surface area contributed by atoms with Crippen LogP contribution in [-0.4, -0.2) is 73.0 Å². The lowest BCUT2D eigenvalue weighted by Gasteiger charge is -2.37. The first-order valence-corrected chi connectivity index (χ1v) is 10.2. The lowest BCUT2D eigenvalue weighted by Crippen LogP contribution is -2.51. The van der Waals surface area contributed by atoms with Crippen LogP contribution in [0.2, 0.25) is 0 Å². The molecule has 0 saturated carbocycles. The van der Waals surface area contributed by atoms with Gasteiger partial charge < -0.3 is 9.80 Å². The zero-order valence-electron chi connectivity index (χ0n) is 16.3. The number of piperazine rings is 1. The third-order valence-corrected chi connectivity index (χ3v) is 5.97. The van der Waals surface area contributed by atoms with Crippen LogP contribution in [0.1, 0.15) is 31.7 Å². The molecule has 0 spiro atoms. The van der Waals surface area contributed by atoms with Crippen LogP contribution in [-0.2, 0) is 11.2 Å². The number of halogens is 2. The number of rotatable bonds is 6. The first-order valence-electron chi connectivity index (χ1n) is 10.2. The summed E-state index contributed by atoms with van der Waals surface area (Å²) in [5.41, 5.74) is 0.825. The van der Waals surface area contributed by atoms with Gasteiger partial charge in [-0.3, -0.25) is 9.69 Å². The average Bonchev–Trinajstić information content (AvgIpc) is 2.69. The van der Waals surface area contributed by atoms with Gasteiger partial charge >= 0.3 is 0 Å². The van der Waals surface area contributed by atoms with Gasteiger partial charge in [-0.25, -0.2) is 8.78 Å². The van der Waals surface area contributed by atoms with Gasteiger partial charge in [0.2, 0.25) is 5.91 Å². The van der Waals surface area contributed by atoms with Gasteiger partial charge in [0.25, 0.3) is 0 Å². The first-order chi connectivity index (χ1) is 13.0. The Hall–Kier alpha value is -1.53. The van der Waals surface area contributed by atoms with Crippen molar-refractivity contribution < 1.29 is 13.6 Å². The molecule has 0 bridgehead atoms. The Bertz CT molecular complexity index is 632. The van der Waals surface area contributed by atoms with Crippen molar-refractivity contribution in [2.75, 3.05) is 52.4 Å². The number of amides is 1. The Balaban J connectivity index is 1.44. The van der Waals surface area contributed by atoms with Crippen molar-refractivity contribution in [1.82, 2.24) is 14.7 Å². The molecule has 2 heterocycles. The Morgan fingerprint density at radius 2 is 1.81 bits per heavy atom. The van der Waals surface area contributed by atoms with Gasteiger partial charge in [-0.05, 0) is 55.8 Å². The molecule has 2 aliphatic rings. The maximum absolute atomic E-state index is 13.3. The Kier molecular flexibility index (Phi) is 7.19. The predicted molar refractivity (Wildman–Crippen MR) is 103 cm³/mol. The molecular weight excluding hydrogens is 348 g/mol. The number of carbonyl (C=O) groups is 1. The van der Waals surface area contributed by atoms with Crippen molar-refractivity contribution in [2.24, 2.45) is 5.92 Å². The zero-order chi connectivity index (χ0) is 19.2. The van der Waals surface area contributed by atoms with E-state index in [9.17, 15) is 13.6 Å². The maximum Gasteiger partial charge on any atom is 0.236 e. The molecule has 2 saturated heterocycles. The normalized spacial score (nSPS) is 22.2. The second kappa shape index (κ2) is 9.60. The molecule has 0 aliphatic carbocycles. The lowest BCUT2D eigenvalue weighted by atomic mass is 9.91. The van der Waals surface area contributed by atoms with Gasteiger partial charge in [-0.1, -0.05) is 13.0 Å². The summed E-state index contributed by atoms with van der Waals surface area (Å²) in [6.45, 7) is 9.42. The van der Waals surface area contributed by atoms with Gasteiger partial charge in [0, 0.05) is 39.3 Å². The van der Waals surface area contributed by atoms with E-state index < -0.39 is 11.6 Å². The highest BCUT2D eigenvalue weighted by atomic mass is 19.2. The minimum atomic E-state index is -0.798. The number of hydrogen-bond acceptors (Lipinski definition) is 3. The highest BCUT2D eigenvalue weighted by Crippen LogP contribution is 2.22. The summed E-state index contributed by atoms with van der Waals surface area (Å²) in [6, 6.07) is 4.14.